The van der Waals surface area contributed by atoms with Gasteiger partial charge in [0.1, 0.15) is 17.2 Å². The second kappa shape index (κ2) is 13.5. The lowest BCUT2D eigenvalue weighted by molar-refractivity contribution is 0.104. The predicted molar refractivity (Wildman–Crippen MR) is 142 cm³/mol. The molecular weight excluding hydrogens is 440 g/mol. The number of nitrogens with zero attached hydrogens (tertiary/aromatic N) is 2. The first-order chi connectivity index (χ1) is 17.1. The molecule has 0 fully saturated rings. The van der Waals surface area contributed by atoms with Crippen molar-refractivity contribution in [3.05, 3.63) is 41.5 Å². The maximum Gasteiger partial charge on any atom is 0.194 e. The van der Waals surface area contributed by atoms with E-state index in [1.165, 1.54) is 0 Å². The molecule has 1 aliphatic carbocycles. The zero-order valence-corrected chi connectivity index (χ0v) is 22.2. The Hall–Kier alpha value is -2.57. The van der Waals surface area contributed by atoms with Crippen molar-refractivity contribution in [2.45, 2.75) is 47.5 Å². The third kappa shape index (κ3) is 6.56. The fourth-order valence-electron chi connectivity index (χ4n) is 4.65. The lowest BCUT2D eigenvalue weighted by Gasteiger charge is -2.19. The molecule has 35 heavy (non-hydrogen) atoms. The maximum absolute atomic E-state index is 13.4. The second-order valence-corrected chi connectivity index (χ2v) is 8.74. The van der Waals surface area contributed by atoms with Crippen molar-refractivity contribution < 1.29 is 19.0 Å². The summed E-state index contributed by atoms with van der Waals surface area (Å²) in [5.41, 5.74) is 2.96. The highest BCUT2D eigenvalue weighted by Crippen LogP contribution is 2.49. The van der Waals surface area contributed by atoms with Crippen molar-refractivity contribution in [1.29, 1.82) is 0 Å². The summed E-state index contributed by atoms with van der Waals surface area (Å²) in [5.74, 6) is 2.09. The molecule has 0 heterocycles. The Morgan fingerprint density at radius 3 is 1.89 bits per heavy atom. The van der Waals surface area contributed by atoms with Gasteiger partial charge in [0.05, 0.1) is 19.8 Å². The van der Waals surface area contributed by atoms with Gasteiger partial charge in [-0.15, -0.1) is 0 Å². The quantitative estimate of drug-likeness (QED) is 0.251. The minimum atomic E-state index is -0.00173. The largest absolute Gasteiger partial charge is 0.493 e. The number of rotatable bonds is 16. The molecular formula is C29H42N2O4. The summed E-state index contributed by atoms with van der Waals surface area (Å²) in [5, 5.41) is 0. The molecule has 0 saturated heterocycles. The van der Waals surface area contributed by atoms with Gasteiger partial charge in [-0.05, 0) is 58.1 Å². The summed E-state index contributed by atoms with van der Waals surface area (Å²) in [4.78, 5) is 18.1. The van der Waals surface area contributed by atoms with Crippen molar-refractivity contribution in [3.63, 3.8) is 0 Å². The molecule has 0 atom stereocenters. The standard InChI is InChI=1S/C29H42N2O4/c1-6-30(7-2)16-12-18-34-22-20-24-28(26(21-22)33-10-5)27-23(29(24)32)14-11-15-25(27)35-19-13-17-31(8-3)9-4/h11,14-15,20-21H,6-10,12-13,16-19H2,1-5H3. The van der Waals surface area contributed by atoms with Crippen molar-refractivity contribution in [1.82, 2.24) is 9.80 Å². The number of ketones is 1. The van der Waals surface area contributed by atoms with Gasteiger partial charge in [0.2, 0.25) is 0 Å². The SMILES string of the molecule is CCOc1cc(OCCCN(CC)CC)cc2c1-c1c(OCCCN(CC)CC)cccc1C2=O. The molecule has 0 unspecified atom stereocenters. The smallest absolute Gasteiger partial charge is 0.194 e. The minimum Gasteiger partial charge on any atom is -0.493 e. The van der Waals surface area contributed by atoms with Crippen LogP contribution in [0.1, 0.15) is 63.4 Å². The third-order valence-corrected chi connectivity index (χ3v) is 6.69. The number of hydrogen-bond donors (Lipinski definition) is 0. The van der Waals surface area contributed by atoms with Crippen molar-refractivity contribution >= 4 is 5.78 Å². The fraction of sp³-hybridized carbons (Fsp3) is 0.552. The van der Waals surface area contributed by atoms with Gasteiger partial charge in [0.25, 0.3) is 0 Å². The molecule has 0 saturated carbocycles. The van der Waals surface area contributed by atoms with Crippen LogP contribution in [0.25, 0.3) is 11.1 Å². The molecule has 0 aromatic heterocycles. The molecule has 0 radical (unpaired) electrons. The van der Waals surface area contributed by atoms with Crippen LogP contribution in [0.4, 0.5) is 0 Å². The van der Waals surface area contributed by atoms with Gasteiger partial charge in [-0.1, -0.05) is 39.8 Å². The fourth-order valence-corrected chi connectivity index (χ4v) is 4.65. The van der Waals surface area contributed by atoms with E-state index in [1.807, 2.05) is 37.3 Å². The second-order valence-electron chi connectivity index (χ2n) is 8.74. The van der Waals surface area contributed by atoms with Crippen molar-refractivity contribution in [2.75, 3.05) is 59.1 Å². The summed E-state index contributed by atoms with van der Waals surface area (Å²) in [6.45, 7) is 18.5. The van der Waals surface area contributed by atoms with Gasteiger partial charge in [-0.3, -0.25) is 4.79 Å². The molecule has 192 valence electrons. The Morgan fingerprint density at radius 1 is 0.686 bits per heavy atom. The van der Waals surface area contributed by atoms with Crippen LogP contribution >= 0.6 is 0 Å². The van der Waals surface area contributed by atoms with E-state index < -0.39 is 0 Å². The Morgan fingerprint density at radius 2 is 1.29 bits per heavy atom. The van der Waals surface area contributed by atoms with E-state index >= 15 is 0 Å². The molecule has 0 aliphatic heterocycles. The van der Waals surface area contributed by atoms with E-state index in [2.05, 4.69) is 37.5 Å². The lowest BCUT2D eigenvalue weighted by Crippen LogP contribution is -2.25. The number of ether oxygens (including phenoxy) is 3. The third-order valence-electron chi connectivity index (χ3n) is 6.69. The van der Waals surface area contributed by atoms with Gasteiger partial charge in [-0.25, -0.2) is 0 Å². The highest BCUT2D eigenvalue weighted by Gasteiger charge is 2.33. The summed E-state index contributed by atoms with van der Waals surface area (Å²) in [6.07, 6.45) is 1.87. The van der Waals surface area contributed by atoms with Crippen molar-refractivity contribution in [2.24, 2.45) is 0 Å². The summed E-state index contributed by atoms with van der Waals surface area (Å²) < 4.78 is 18.3. The van der Waals surface area contributed by atoms with Gasteiger partial charge in [-0.2, -0.15) is 0 Å². The molecule has 0 bridgehead atoms. The average Bonchev–Trinajstić information content (AvgIpc) is 3.17. The molecule has 0 amide bonds. The van der Waals surface area contributed by atoms with Crippen LogP contribution in [0.15, 0.2) is 30.3 Å². The Labute approximate surface area is 211 Å². The minimum absolute atomic E-state index is 0.00173. The van der Waals surface area contributed by atoms with Crippen LogP contribution in [0.2, 0.25) is 0 Å². The molecule has 6 nitrogen and oxygen atoms in total. The first-order valence-electron chi connectivity index (χ1n) is 13.3. The summed E-state index contributed by atoms with van der Waals surface area (Å²) >= 11 is 0. The molecule has 6 heteroatoms. The van der Waals surface area contributed by atoms with Crippen LogP contribution in [0.3, 0.4) is 0 Å². The molecule has 1 aliphatic rings. The lowest BCUT2D eigenvalue weighted by atomic mass is 10.0. The number of carbonyl (C=O) groups is 1. The maximum atomic E-state index is 13.4. The van der Waals surface area contributed by atoms with Gasteiger partial charge in [0.15, 0.2) is 5.78 Å². The molecule has 0 spiro atoms. The predicted octanol–water partition coefficient (Wildman–Crippen LogP) is 5.52. The van der Waals surface area contributed by atoms with Crippen LogP contribution in [0, 0.1) is 0 Å². The number of hydrogen-bond acceptors (Lipinski definition) is 6. The van der Waals surface area contributed by atoms with Crippen LogP contribution in [-0.2, 0) is 0 Å². The molecule has 2 aromatic carbocycles. The number of carbonyl (C=O) groups excluding carboxylic acids is 1. The van der Waals surface area contributed by atoms with Crippen LogP contribution < -0.4 is 14.2 Å². The van der Waals surface area contributed by atoms with Gasteiger partial charge in [0, 0.05) is 41.4 Å². The highest BCUT2D eigenvalue weighted by molar-refractivity contribution is 6.23. The zero-order chi connectivity index (χ0) is 25.2. The topological polar surface area (TPSA) is 51.2 Å². The van der Waals surface area contributed by atoms with Crippen LogP contribution in [-0.4, -0.2) is 74.7 Å². The molecule has 0 N–H and O–H groups in total. The van der Waals surface area contributed by atoms with E-state index in [4.69, 9.17) is 14.2 Å². The zero-order valence-electron chi connectivity index (χ0n) is 22.2. The normalized spacial score (nSPS) is 12.3. The highest BCUT2D eigenvalue weighted by atomic mass is 16.5. The van der Waals surface area contributed by atoms with Crippen molar-refractivity contribution in [3.8, 4) is 28.4 Å². The Kier molecular flexibility index (Phi) is 10.4. The van der Waals surface area contributed by atoms with E-state index in [-0.39, 0.29) is 5.78 Å². The summed E-state index contributed by atoms with van der Waals surface area (Å²) in [6, 6.07) is 9.50. The Balaban J connectivity index is 1.79. The van der Waals surface area contributed by atoms with E-state index in [9.17, 15) is 4.79 Å². The van der Waals surface area contributed by atoms with E-state index in [1.54, 1.807) is 0 Å². The number of fused-ring (bicyclic) bond motifs is 3. The molecule has 2 aromatic rings. The summed E-state index contributed by atoms with van der Waals surface area (Å²) in [7, 11) is 0. The van der Waals surface area contributed by atoms with E-state index in [0.29, 0.717) is 42.4 Å². The first-order valence-corrected chi connectivity index (χ1v) is 13.3. The Bertz CT molecular complexity index is 967. The molecule has 3 rings (SSSR count). The monoisotopic (exact) mass is 482 g/mol. The van der Waals surface area contributed by atoms with Gasteiger partial charge < -0.3 is 24.0 Å². The average molecular weight is 483 g/mol. The van der Waals surface area contributed by atoms with E-state index in [0.717, 1.165) is 69.0 Å². The van der Waals surface area contributed by atoms with Gasteiger partial charge >= 0.3 is 0 Å². The first kappa shape index (κ1) is 27.0. The van der Waals surface area contributed by atoms with Crippen LogP contribution in [0.5, 0.6) is 17.2 Å². The number of benzene rings is 2.